The van der Waals surface area contributed by atoms with E-state index in [1.54, 1.807) is 0 Å². The summed E-state index contributed by atoms with van der Waals surface area (Å²) in [4.78, 5) is 2.07. The van der Waals surface area contributed by atoms with E-state index in [1.165, 1.54) is 0 Å². The highest BCUT2D eigenvalue weighted by Crippen LogP contribution is 2.12. The minimum atomic E-state index is 0.182. The fourth-order valence-electron chi connectivity index (χ4n) is 1.27. The van der Waals surface area contributed by atoms with Gasteiger partial charge in [-0.05, 0) is 31.8 Å². The third kappa shape index (κ3) is 4.79. The Balaban J connectivity index is 2.42. The molecule has 0 bridgehead atoms. The molecule has 0 heterocycles. The van der Waals surface area contributed by atoms with Gasteiger partial charge in [-0.25, -0.2) is 0 Å². The van der Waals surface area contributed by atoms with Gasteiger partial charge in [-0.2, -0.15) is 0 Å². The molecule has 0 aliphatic carbocycles. The van der Waals surface area contributed by atoms with E-state index in [2.05, 4.69) is 4.90 Å². The Morgan fingerprint density at radius 1 is 1.31 bits per heavy atom. The van der Waals surface area contributed by atoms with Crippen molar-refractivity contribution in [1.29, 1.82) is 5.41 Å². The van der Waals surface area contributed by atoms with Gasteiger partial charge in [0.25, 0.3) is 0 Å². The monoisotopic (exact) mass is 221 g/mol. The average molecular weight is 221 g/mol. The number of rotatable bonds is 6. The molecule has 0 spiro atoms. The van der Waals surface area contributed by atoms with Gasteiger partial charge in [-0.3, -0.25) is 5.41 Å². The predicted molar refractivity (Wildman–Crippen MR) is 66.1 cm³/mol. The summed E-state index contributed by atoms with van der Waals surface area (Å²) in [6, 6.07) is 7.70. The highest BCUT2D eigenvalue weighted by molar-refractivity contribution is 5.79. The molecule has 1 rings (SSSR count). The second-order valence-electron chi connectivity index (χ2n) is 4.00. The van der Waals surface area contributed by atoms with Gasteiger partial charge in [0.15, 0.2) is 0 Å². The van der Waals surface area contributed by atoms with Gasteiger partial charge in [-0.15, -0.1) is 0 Å². The lowest BCUT2D eigenvalue weighted by atomic mass is 10.1. The first-order chi connectivity index (χ1) is 7.58. The molecule has 0 unspecified atom stereocenters. The van der Waals surface area contributed by atoms with E-state index in [9.17, 15) is 0 Å². The van der Waals surface area contributed by atoms with Gasteiger partial charge in [0, 0.05) is 13.0 Å². The molecule has 1 aromatic rings. The summed E-state index contributed by atoms with van der Waals surface area (Å²) in [5.74, 6) is 1.04. The van der Waals surface area contributed by atoms with E-state index in [4.69, 9.17) is 15.9 Å². The van der Waals surface area contributed by atoms with Crippen LogP contribution in [-0.4, -0.2) is 38.0 Å². The highest BCUT2D eigenvalue weighted by atomic mass is 16.5. The zero-order valence-corrected chi connectivity index (χ0v) is 9.86. The van der Waals surface area contributed by atoms with Gasteiger partial charge in [0.1, 0.15) is 12.4 Å². The van der Waals surface area contributed by atoms with Gasteiger partial charge in [0.05, 0.1) is 5.84 Å². The average Bonchev–Trinajstić information content (AvgIpc) is 2.19. The predicted octanol–water partition coefficient (Wildman–Crippen LogP) is 1.11. The van der Waals surface area contributed by atoms with Crippen LogP contribution in [0.3, 0.4) is 0 Å². The van der Waals surface area contributed by atoms with Crippen molar-refractivity contribution in [1.82, 2.24) is 4.90 Å². The molecule has 4 nitrogen and oxygen atoms in total. The van der Waals surface area contributed by atoms with Crippen molar-refractivity contribution in [2.45, 2.75) is 6.42 Å². The number of amidine groups is 1. The smallest absolute Gasteiger partial charge is 0.119 e. The number of nitrogens with zero attached hydrogens (tertiary/aromatic N) is 1. The Labute approximate surface area is 96.5 Å². The SMILES string of the molecule is CN(C)CCOc1ccc(CC(=N)N)cc1. The summed E-state index contributed by atoms with van der Waals surface area (Å²) >= 11 is 0. The lowest BCUT2D eigenvalue weighted by Gasteiger charge is -2.11. The van der Waals surface area contributed by atoms with Crippen LogP contribution in [0.5, 0.6) is 5.75 Å². The molecule has 0 saturated carbocycles. The Morgan fingerprint density at radius 3 is 2.44 bits per heavy atom. The Morgan fingerprint density at radius 2 is 1.94 bits per heavy atom. The molecule has 0 saturated heterocycles. The van der Waals surface area contributed by atoms with Crippen molar-refractivity contribution >= 4 is 5.84 Å². The molecule has 0 aromatic heterocycles. The van der Waals surface area contributed by atoms with E-state index in [-0.39, 0.29) is 5.84 Å². The molecule has 1 aromatic carbocycles. The standard InChI is InChI=1S/C12H19N3O/c1-15(2)7-8-16-11-5-3-10(4-6-11)9-12(13)14/h3-6H,7-9H2,1-2H3,(H3,13,14). The van der Waals surface area contributed by atoms with Crippen LogP contribution in [0.2, 0.25) is 0 Å². The zero-order valence-electron chi connectivity index (χ0n) is 9.86. The minimum absolute atomic E-state index is 0.182. The maximum absolute atomic E-state index is 7.18. The van der Waals surface area contributed by atoms with Gasteiger partial charge < -0.3 is 15.4 Å². The largest absolute Gasteiger partial charge is 0.492 e. The molecule has 0 aliphatic heterocycles. The maximum atomic E-state index is 7.18. The zero-order chi connectivity index (χ0) is 12.0. The topological polar surface area (TPSA) is 62.3 Å². The minimum Gasteiger partial charge on any atom is -0.492 e. The fourth-order valence-corrected chi connectivity index (χ4v) is 1.27. The number of hydrogen-bond donors (Lipinski definition) is 2. The van der Waals surface area contributed by atoms with Crippen molar-refractivity contribution in [2.75, 3.05) is 27.2 Å². The molecule has 0 fully saturated rings. The Kier molecular flexibility index (Phi) is 4.79. The first-order valence-electron chi connectivity index (χ1n) is 5.27. The molecule has 3 N–H and O–H groups in total. The second kappa shape index (κ2) is 6.12. The lowest BCUT2D eigenvalue weighted by Crippen LogP contribution is -2.19. The molecule has 88 valence electrons. The highest BCUT2D eigenvalue weighted by Gasteiger charge is 1.97. The maximum Gasteiger partial charge on any atom is 0.119 e. The number of nitrogens with two attached hydrogens (primary N) is 1. The van der Waals surface area contributed by atoms with E-state index in [0.717, 1.165) is 17.9 Å². The molecule has 0 amide bonds. The molecule has 0 radical (unpaired) electrons. The number of nitrogens with one attached hydrogen (secondary N) is 1. The third-order valence-corrected chi connectivity index (χ3v) is 2.13. The second-order valence-corrected chi connectivity index (χ2v) is 4.00. The number of hydrogen-bond acceptors (Lipinski definition) is 3. The number of benzene rings is 1. The fraction of sp³-hybridized carbons (Fsp3) is 0.417. The summed E-state index contributed by atoms with van der Waals surface area (Å²) < 4.78 is 5.55. The molecular formula is C12H19N3O. The quantitative estimate of drug-likeness (QED) is 0.558. The van der Waals surface area contributed by atoms with E-state index < -0.39 is 0 Å². The van der Waals surface area contributed by atoms with E-state index >= 15 is 0 Å². The Hall–Kier alpha value is -1.55. The first-order valence-corrected chi connectivity index (χ1v) is 5.27. The van der Waals surface area contributed by atoms with Crippen LogP contribution in [0.25, 0.3) is 0 Å². The van der Waals surface area contributed by atoms with Gasteiger partial charge in [0.2, 0.25) is 0 Å². The number of likely N-dealkylation sites (N-methyl/N-ethyl adjacent to an activating group) is 1. The van der Waals surface area contributed by atoms with Crippen molar-refractivity contribution in [3.05, 3.63) is 29.8 Å². The lowest BCUT2D eigenvalue weighted by molar-refractivity contribution is 0.261. The summed E-state index contributed by atoms with van der Waals surface area (Å²) in [5.41, 5.74) is 6.36. The van der Waals surface area contributed by atoms with Crippen LogP contribution in [0.4, 0.5) is 0 Å². The summed E-state index contributed by atoms with van der Waals surface area (Å²) in [5, 5.41) is 7.18. The van der Waals surface area contributed by atoms with E-state index in [1.807, 2.05) is 38.4 Å². The van der Waals surface area contributed by atoms with Crippen LogP contribution in [0.1, 0.15) is 5.56 Å². The van der Waals surface area contributed by atoms with E-state index in [0.29, 0.717) is 13.0 Å². The van der Waals surface area contributed by atoms with Crippen LogP contribution < -0.4 is 10.5 Å². The molecule has 4 heteroatoms. The van der Waals surface area contributed by atoms with Crippen molar-refractivity contribution in [2.24, 2.45) is 5.73 Å². The summed E-state index contributed by atoms with van der Waals surface area (Å²) in [6.07, 6.45) is 0.498. The number of ether oxygens (including phenoxy) is 1. The van der Waals surface area contributed by atoms with Crippen LogP contribution in [0.15, 0.2) is 24.3 Å². The Bertz CT molecular complexity index is 333. The third-order valence-electron chi connectivity index (χ3n) is 2.13. The molecule has 16 heavy (non-hydrogen) atoms. The summed E-state index contributed by atoms with van der Waals surface area (Å²) in [7, 11) is 4.03. The van der Waals surface area contributed by atoms with Crippen LogP contribution in [-0.2, 0) is 6.42 Å². The van der Waals surface area contributed by atoms with Crippen molar-refractivity contribution < 1.29 is 4.74 Å². The molecular weight excluding hydrogens is 202 g/mol. The van der Waals surface area contributed by atoms with Crippen LogP contribution >= 0.6 is 0 Å². The molecule has 0 atom stereocenters. The first kappa shape index (κ1) is 12.5. The van der Waals surface area contributed by atoms with Crippen molar-refractivity contribution in [3.8, 4) is 5.75 Å². The normalized spacial score (nSPS) is 10.4. The van der Waals surface area contributed by atoms with Gasteiger partial charge >= 0.3 is 0 Å². The summed E-state index contributed by atoms with van der Waals surface area (Å²) in [6.45, 7) is 1.58. The van der Waals surface area contributed by atoms with Crippen LogP contribution in [0, 0.1) is 5.41 Å². The molecule has 0 aliphatic rings. The van der Waals surface area contributed by atoms with Crippen molar-refractivity contribution in [3.63, 3.8) is 0 Å². The van der Waals surface area contributed by atoms with Gasteiger partial charge in [-0.1, -0.05) is 12.1 Å².